The summed E-state index contributed by atoms with van der Waals surface area (Å²) in [4.78, 5) is 12.1. The maximum absolute atomic E-state index is 12.1. The van der Waals surface area contributed by atoms with Crippen LogP contribution in [-0.2, 0) is 4.79 Å². The first kappa shape index (κ1) is 12.7. The highest BCUT2D eigenvalue weighted by atomic mass is 16.2. The van der Waals surface area contributed by atoms with Gasteiger partial charge in [0.1, 0.15) is 6.04 Å². The molecule has 3 nitrogen and oxygen atoms in total. The number of amides is 1. The van der Waals surface area contributed by atoms with Gasteiger partial charge in [-0.05, 0) is 31.7 Å². The number of carbonyl (C=O) groups is 1. The maximum Gasteiger partial charge on any atom is 0.246 e. The lowest BCUT2D eigenvalue weighted by Crippen LogP contribution is -2.41. The van der Waals surface area contributed by atoms with Gasteiger partial charge in [-0.3, -0.25) is 10.1 Å². The third kappa shape index (κ3) is 2.39. The topological polar surface area (TPSA) is 41.1 Å². The molecule has 1 heterocycles. The number of benzene rings is 1. The maximum atomic E-state index is 12.1. The van der Waals surface area contributed by atoms with Crippen molar-refractivity contribution >= 4 is 11.6 Å². The van der Waals surface area contributed by atoms with Gasteiger partial charge in [-0.25, -0.2) is 0 Å². The van der Waals surface area contributed by atoms with Crippen LogP contribution in [0, 0.1) is 12.8 Å². The predicted octanol–water partition coefficient (Wildman–Crippen LogP) is 3.16. The molecule has 3 heteroatoms. The molecule has 19 heavy (non-hydrogen) atoms. The highest BCUT2D eigenvalue weighted by molar-refractivity contribution is 6.02. The summed E-state index contributed by atoms with van der Waals surface area (Å²) in [5.74, 6) is 0.758. The second-order valence-corrected chi connectivity index (χ2v) is 6.05. The van der Waals surface area contributed by atoms with Gasteiger partial charge >= 0.3 is 0 Å². The molecule has 2 aliphatic rings. The molecule has 0 radical (unpaired) electrons. The fraction of sp³-hybridized carbons (Fsp3) is 0.562. The molecule has 1 aliphatic heterocycles. The van der Waals surface area contributed by atoms with E-state index in [9.17, 15) is 4.79 Å². The van der Waals surface area contributed by atoms with E-state index in [1.54, 1.807) is 0 Å². The van der Waals surface area contributed by atoms with Crippen molar-refractivity contribution < 1.29 is 4.79 Å². The van der Waals surface area contributed by atoms with Crippen LogP contribution in [0.1, 0.15) is 49.8 Å². The average Bonchev–Trinajstić information content (AvgIpc) is 2.69. The molecule has 0 spiro atoms. The zero-order chi connectivity index (χ0) is 13.4. The Labute approximate surface area is 114 Å². The molecule has 3 rings (SSSR count). The van der Waals surface area contributed by atoms with Crippen molar-refractivity contribution in [3.05, 3.63) is 29.3 Å². The molecule has 1 aromatic carbocycles. The summed E-state index contributed by atoms with van der Waals surface area (Å²) in [7, 11) is 0. The number of hydrogen-bond acceptors (Lipinski definition) is 2. The number of hydrogen-bond donors (Lipinski definition) is 2. The van der Waals surface area contributed by atoms with Gasteiger partial charge in [0.05, 0.1) is 0 Å². The van der Waals surface area contributed by atoms with Crippen LogP contribution in [0.4, 0.5) is 5.69 Å². The highest BCUT2D eigenvalue weighted by Crippen LogP contribution is 2.34. The van der Waals surface area contributed by atoms with Gasteiger partial charge in [0, 0.05) is 17.3 Å². The van der Waals surface area contributed by atoms with Crippen LogP contribution < -0.4 is 10.6 Å². The number of aryl methyl sites for hydroxylation is 1. The lowest BCUT2D eigenvalue weighted by atomic mass is 9.85. The Kier molecular flexibility index (Phi) is 3.31. The van der Waals surface area contributed by atoms with Gasteiger partial charge in [-0.1, -0.05) is 37.5 Å². The molecule has 0 aromatic heterocycles. The number of rotatable bonds is 2. The van der Waals surface area contributed by atoms with Crippen LogP contribution in [0.2, 0.25) is 0 Å². The van der Waals surface area contributed by atoms with E-state index in [0.29, 0.717) is 12.0 Å². The van der Waals surface area contributed by atoms with Crippen molar-refractivity contribution in [2.75, 3.05) is 5.32 Å². The Morgan fingerprint density at radius 3 is 2.84 bits per heavy atom. The van der Waals surface area contributed by atoms with Gasteiger partial charge < -0.3 is 5.32 Å². The minimum Gasteiger partial charge on any atom is -0.324 e. The van der Waals surface area contributed by atoms with E-state index in [-0.39, 0.29) is 11.9 Å². The van der Waals surface area contributed by atoms with Crippen LogP contribution in [0.25, 0.3) is 0 Å². The van der Waals surface area contributed by atoms with Crippen molar-refractivity contribution in [3.8, 4) is 0 Å². The van der Waals surface area contributed by atoms with Crippen LogP contribution in [-0.4, -0.2) is 11.9 Å². The summed E-state index contributed by atoms with van der Waals surface area (Å²) in [5.41, 5.74) is 3.29. The van der Waals surface area contributed by atoms with E-state index in [2.05, 4.69) is 30.5 Å². The minimum absolute atomic E-state index is 0.0957. The molecular weight excluding hydrogens is 236 g/mol. The van der Waals surface area contributed by atoms with Crippen molar-refractivity contribution in [1.82, 2.24) is 5.32 Å². The van der Waals surface area contributed by atoms with Gasteiger partial charge in [-0.15, -0.1) is 0 Å². The van der Waals surface area contributed by atoms with Crippen LogP contribution in [0.15, 0.2) is 18.2 Å². The van der Waals surface area contributed by atoms with E-state index < -0.39 is 0 Å². The first-order valence-corrected chi connectivity index (χ1v) is 7.32. The normalized spacial score (nSPS) is 30.0. The molecule has 0 bridgehead atoms. The molecule has 3 atom stereocenters. The van der Waals surface area contributed by atoms with E-state index in [1.165, 1.54) is 31.2 Å². The molecule has 1 saturated carbocycles. The zero-order valence-corrected chi connectivity index (χ0v) is 11.7. The van der Waals surface area contributed by atoms with Crippen molar-refractivity contribution in [1.29, 1.82) is 0 Å². The Hall–Kier alpha value is -1.35. The molecule has 1 fully saturated rings. The molecular formula is C16H22N2O. The number of carbonyl (C=O) groups excluding carboxylic acids is 1. The summed E-state index contributed by atoms with van der Waals surface area (Å²) >= 11 is 0. The lowest BCUT2D eigenvalue weighted by Gasteiger charge is -2.31. The van der Waals surface area contributed by atoms with Gasteiger partial charge in [-0.2, -0.15) is 0 Å². The summed E-state index contributed by atoms with van der Waals surface area (Å²) in [6, 6.07) is 6.48. The fourth-order valence-corrected chi connectivity index (χ4v) is 3.32. The van der Waals surface area contributed by atoms with Gasteiger partial charge in [0.2, 0.25) is 5.91 Å². The summed E-state index contributed by atoms with van der Waals surface area (Å²) < 4.78 is 0. The number of fused-ring (bicyclic) bond motifs is 1. The van der Waals surface area contributed by atoms with E-state index in [1.807, 2.05) is 12.1 Å². The molecule has 3 unspecified atom stereocenters. The van der Waals surface area contributed by atoms with Gasteiger partial charge in [0.15, 0.2) is 0 Å². The second kappa shape index (κ2) is 4.97. The Bertz CT molecular complexity index is 498. The third-order valence-corrected chi connectivity index (χ3v) is 4.53. The molecule has 2 N–H and O–H groups in total. The molecule has 1 aromatic rings. The Balaban J connectivity index is 1.81. The first-order valence-electron chi connectivity index (χ1n) is 7.32. The van der Waals surface area contributed by atoms with E-state index in [0.717, 1.165) is 11.3 Å². The number of anilines is 1. The molecule has 0 saturated heterocycles. The Morgan fingerprint density at radius 1 is 1.26 bits per heavy atom. The highest BCUT2D eigenvalue weighted by Gasteiger charge is 2.33. The van der Waals surface area contributed by atoms with Crippen molar-refractivity contribution in [2.45, 2.75) is 51.6 Å². The van der Waals surface area contributed by atoms with Crippen LogP contribution in [0.3, 0.4) is 0 Å². The van der Waals surface area contributed by atoms with Crippen LogP contribution >= 0.6 is 0 Å². The van der Waals surface area contributed by atoms with E-state index >= 15 is 0 Å². The van der Waals surface area contributed by atoms with Crippen molar-refractivity contribution in [2.24, 2.45) is 5.92 Å². The summed E-state index contributed by atoms with van der Waals surface area (Å²) in [6.45, 7) is 4.37. The van der Waals surface area contributed by atoms with Crippen LogP contribution in [0.5, 0.6) is 0 Å². The molecule has 102 valence electrons. The van der Waals surface area contributed by atoms with Gasteiger partial charge in [0.25, 0.3) is 0 Å². The van der Waals surface area contributed by atoms with E-state index in [4.69, 9.17) is 0 Å². The summed E-state index contributed by atoms with van der Waals surface area (Å²) in [5, 5.41) is 6.57. The smallest absolute Gasteiger partial charge is 0.246 e. The Morgan fingerprint density at radius 2 is 2.05 bits per heavy atom. The lowest BCUT2D eigenvalue weighted by molar-refractivity contribution is -0.118. The molecule has 1 amide bonds. The quantitative estimate of drug-likeness (QED) is 0.855. The average molecular weight is 258 g/mol. The zero-order valence-electron chi connectivity index (χ0n) is 11.7. The standard InChI is InChI=1S/C16H22N2O/c1-10-7-8-14-12(9-10)15(16(19)18-14)17-13-6-4-3-5-11(13)2/h7-9,11,13,15,17H,3-6H2,1-2H3,(H,18,19). The first-order chi connectivity index (χ1) is 9.15. The van der Waals surface area contributed by atoms with Crippen molar-refractivity contribution in [3.63, 3.8) is 0 Å². The SMILES string of the molecule is Cc1ccc2c(c1)C(NC1CCCCC1C)C(=O)N2. The molecule has 1 aliphatic carbocycles. The largest absolute Gasteiger partial charge is 0.324 e. The minimum atomic E-state index is -0.166. The predicted molar refractivity (Wildman–Crippen MR) is 77.1 cm³/mol. The fourth-order valence-electron chi connectivity index (χ4n) is 3.32. The summed E-state index contributed by atoms with van der Waals surface area (Å²) in [6.07, 6.45) is 5.06. The third-order valence-electron chi connectivity index (χ3n) is 4.53. The second-order valence-electron chi connectivity index (χ2n) is 6.05. The monoisotopic (exact) mass is 258 g/mol. The number of nitrogens with one attached hydrogen (secondary N) is 2.